The Labute approximate surface area is 135 Å². The molecule has 0 unspecified atom stereocenters. The molecule has 2 rings (SSSR count). The maximum absolute atomic E-state index is 11.4. The van der Waals surface area contributed by atoms with Gasteiger partial charge in [-0.15, -0.1) is 12.4 Å². The van der Waals surface area contributed by atoms with Crippen molar-refractivity contribution in [2.45, 2.75) is 37.5 Å². The van der Waals surface area contributed by atoms with Crippen LogP contribution in [0.3, 0.4) is 0 Å². The molecule has 0 aromatic heterocycles. The van der Waals surface area contributed by atoms with E-state index in [-0.39, 0.29) is 30.3 Å². The summed E-state index contributed by atoms with van der Waals surface area (Å²) in [6, 6.07) is 8.46. The molecule has 1 aliphatic rings. The van der Waals surface area contributed by atoms with Crippen LogP contribution >= 0.6 is 28.3 Å². The summed E-state index contributed by atoms with van der Waals surface area (Å²) >= 11 is 3.54. The van der Waals surface area contributed by atoms with Crippen molar-refractivity contribution in [3.8, 4) is 0 Å². The van der Waals surface area contributed by atoms with Gasteiger partial charge in [0.1, 0.15) is 0 Å². The second kappa shape index (κ2) is 8.01. The highest BCUT2D eigenvalue weighted by Crippen LogP contribution is 2.39. The van der Waals surface area contributed by atoms with E-state index in [1.165, 1.54) is 24.8 Å². The quantitative estimate of drug-likeness (QED) is 0.865. The average molecular weight is 362 g/mol. The monoisotopic (exact) mass is 360 g/mol. The Morgan fingerprint density at radius 1 is 1.30 bits per heavy atom. The van der Waals surface area contributed by atoms with Crippen molar-refractivity contribution in [3.63, 3.8) is 0 Å². The smallest absolute Gasteiger partial charge is 0.233 e. The lowest BCUT2D eigenvalue weighted by Gasteiger charge is -2.38. The Morgan fingerprint density at radius 2 is 2.00 bits per heavy atom. The van der Waals surface area contributed by atoms with E-state index >= 15 is 0 Å². The molecule has 1 aromatic carbocycles. The minimum atomic E-state index is -0.0695. The zero-order valence-corrected chi connectivity index (χ0v) is 13.9. The summed E-state index contributed by atoms with van der Waals surface area (Å²) in [7, 11) is 0. The molecule has 5 heteroatoms. The van der Waals surface area contributed by atoms with Crippen molar-refractivity contribution in [1.29, 1.82) is 0 Å². The number of halogens is 2. The molecule has 1 saturated carbocycles. The Balaban J connectivity index is 0.00000200. The fourth-order valence-electron chi connectivity index (χ4n) is 2.95. The largest absolute Gasteiger partial charge is 0.354 e. The molecule has 0 atom stereocenters. The van der Waals surface area contributed by atoms with Crippen LogP contribution in [0, 0.1) is 0 Å². The Bertz CT molecular complexity index is 447. The first-order valence-electron chi connectivity index (χ1n) is 6.89. The van der Waals surface area contributed by atoms with Crippen LogP contribution in [0.2, 0.25) is 0 Å². The summed E-state index contributed by atoms with van der Waals surface area (Å²) in [5.74, 6) is -0.0695. The third kappa shape index (κ3) is 4.21. The van der Waals surface area contributed by atoms with Crippen molar-refractivity contribution in [1.82, 2.24) is 5.32 Å². The summed E-state index contributed by atoms with van der Waals surface area (Å²) in [5.41, 5.74) is 6.77. The number of nitrogens with one attached hydrogen (secondary N) is 1. The molecule has 0 saturated heterocycles. The molecule has 0 aliphatic heterocycles. The summed E-state index contributed by atoms with van der Waals surface area (Å²) in [6.45, 7) is 0.758. The highest BCUT2D eigenvalue weighted by molar-refractivity contribution is 9.10. The van der Waals surface area contributed by atoms with Crippen LogP contribution in [0.25, 0.3) is 0 Å². The molecule has 0 bridgehead atoms. The van der Waals surface area contributed by atoms with Gasteiger partial charge in [0.05, 0.1) is 6.54 Å². The number of hydrogen-bond acceptors (Lipinski definition) is 2. The first-order valence-corrected chi connectivity index (χ1v) is 7.68. The standard InChI is InChI=1S/C15H21BrN2O.ClH/c16-13-6-4-5-12(9-13)15(7-2-1-3-8-15)11-18-14(19)10-17;/h4-6,9H,1-3,7-8,10-11,17H2,(H,18,19);1H. The maximum Gasteiger partial charge on any atom is 0.233 e. The van der Waals surface area contributed by atoms with Gasteiger partial charge in [-0.3, -0.25) is 4.79 Å². The minimum absolute atomic E-state index is 0. The van der Waals surface area contributed by atoms with Crippen LogP contribution in [0.4, 0.5) is 0 Å². The maximum atomic E-state index is 11.4. The van der Waals surface area contributed by atoms with Gasteiger partial charge in [-0.1, -0.05) is 47.3 Å². The van der Waals surface area contributed by atoms with Gasteiger partial charge in [-0.05, 0) is 30.5 Å². The number of amides is 1. The van der Waals surface area contributed by atoms with Gasteiger partial charge in [-0.25, -0.2) is 0 Å². The van der Waals surface area contributed by atoms with Crippen LogP contribution < -0.4 is 11.1 Å². The lowest BCUT2D eigenvalue weighted by atomic mass is 9.69. The highest BCUT2D eigenvalue weighted by atomic mass is 79.9. The topological polar surface area (TPSA) is 55.1 Å². The van der Waals surface area contributed by atoms with Crippen LogP contribution in [-0.4, -0.2) is 19.0 Å². The molecule has 3 N–H and O–H groups in total. The Kier molecular flexibility index (Phi) is 7.00. The van der Waals surface area contributed by atoms with Crippen LogP contribution in [0.5, 0.6) is 0 Å². The summed E-state index contributed by atoms with van der Waals surface area (Å²) < 4.78 is 1.10. The average Bonchev–Trinajstić information content (AvgIpc) is 2.46. The van der Waals surface area contributed by atoms with Crippen LogP contribution in [0.1, 0.15) is 37.7 Å². The predicted octanol–water partition coefficient (Wildman–Crippen LogP) is 3.15. The number of hydrogen-bond donors (Lipinski definition) is 2. The Hall–Kier alpha value is -0.580. The minimum Gasteiger partial charge on any atom is -0.354 e. The van der Waals surface area contributed by atoms with E-state index < -0.39 is 0 Å². The number of nitrogens with two attached hydrogens (primary N) is 1. The number of carbonyl (C=O) groups is 1. The van der Waals surface area contributed by atoms with Gasteiger partial charge < -0.3 is 11.1 Å². The molecule has 1 aliphatic carbocycles. The number of rotatable bonds is 4. The van der Waals surface area contributed by atoms with Crippen LogP contribution in [-0.2, 0) is 10.2 Å². The molecular formula is C15H22BrClN2O. The number of carbonyl (C=O) groups excluding carboxylic acids is 1. The van der Waals surface area contributed by atoms with Gasteiger partial charge in [0.15, 0.2) is 0 Å². The van der Waals surface area contributed by atoms with Crippen molar-refractivity contribution >= 4 is 34.2 Å². The van der Waals surface area contributed by atoms with Gasteiger partial charge in [-0.2, -0.15) is 0 Å². The van der Waals surface area contributed by atoms with E-state index in [2.05, 4.69) is 39.4 Å². The fourth-order valence-corrected chi connectivity index (χ4v) is 3.35. The first-order chi connectivity index (χ1) is 9.16. The lowest BCUT2D eigenvalue weighted by molar-refractivity contribution is -0.120. The molecule has 1 aromatic rings. The van der Waals surface area contributed by atoms with Gasteiger partial charge in [0.25, 0.3) is 0 Å². The summed E-state index contributed by atoms with van der Waals surface area (Å²) in [6.07, 6.45) is 6.01. The SMILES string of the molecule is Cl.NCC(=O)NCC1(c2cccc(Br)c2)CCCCC1. The van der Waals surface area contributed by atoms with Gasteiger partial charge >= 0.3 is 0 Å². The molecule has 0 heterocycles. The molecule has 1 fully saturated rings. The molecule has 20 heavy (non-hydrogen) atoms. The molecule has 1 amide bonds. The van der Waals surface area contributed by atoms with E-state index in [1.54, 1.807) is 0 Å². The summed E-state index contributed by atoms with van der Waals surface area (Å²) in [5, 5.41) is 2.98. The van der Waals surface area contributed by atoms with Crippen molar-refractivity contribution in [2.24, 2.45) is 5.73 Å². The second-order valence-corrected chi connectivity index (χ2v) is 6.25. The fraction of sp³-hybridized carbons (Fsp3) is 0.533. The van der Waals surface area contributed by atoms with Gasteiger partial charge in [0, 0.05) is 16.4 Å². The van der Waals surface area contributed by atoms with E-state index in [0.717, 1.165) is 17.3 Å². The third-order valence-electron chi connectivity index (χ3n) is 4.06. The molecular weight excluding hydrogens is 340 g/mol. The second-order valence-electron chi connectivity index (χ2n) is 5.33. The molecule has 0 spiro atoms. The first kappa shape index (κ1) is 17.5. The zero-order chi connectivity index (χ0) is 13.7. The van der Waals surface area contributed by atoms with Crippen molar-refractivity contribution < 1.29 is 4.79 Å². The highest BCUT2D eigenvalue weighted by Gasteiger charge is 2.34. The predicted molar refractivity (Wildman–Crippen MR) is 88.2 cm³/mol. The Morgan fingerprint density at radius 3 is 2.60 bits per heavy atom. The zero-order valence-electron chi connectivity index (χ0n) is 11.5. The summed E-state index contributed by atoms with van der Waals surface area (Å²) in [4.78, 5) is 11.4. The van der Waals surface area contributed by atoms with E-state index in [4.69, 9.17) is 5.73 Å². The van der Waals surface area contributed by atoms with Gasteiger partial charge in [0.2, 0.25) is 5.91 Å². The number of benzene rings is 1. The molecule has 3 nitrogen and oxygen atoms in total. The van der Waals surface area contributed by atoms with Crippen LogP contribution in [0.15, 0.2) is 28.7 Å². The van der Waals surface area contributed by atoms with E-state index in [1.807, 2.05) is 6.07 Å². The third-order valence-corrected chi connectivity index (χ3v) is 4.55. The van der Waals surface area contributed by atoms with Crippen molar-refractivity contribution in [3.05, 3.63) is 34.3 Å². The van der Waals surface area contributed by atoms with Crippen molar-refractivity contribution in [2.75, 3.05) is 13.1 Å². The normalized spacial score (nSPS) is 17.1. The lowest BCUT2D eigenvalue weighted by Crippen LogP contribution is -2.44. The van der Waals surface area contributed by atoms with E-state index in [9.17, 15) is 4.79 Å². The molecule has 112 valence electrons. The van der Waals surface area contributed by atoms with E-state index in [0.29, 0.717) is 6.54 Å². The molecule has 0 radical (unpaired) electrons.